The van der Waals surface area contributed by atoms with Crippen LogP contribution in [-0.4, -0.2) is 34.6 Å². The molecule has 6 heteroatoms. The van der Waals surface area contributed by atoms with E-state index in [0.717, 1.165) is 30.4 Å². The zero-order valence-electron chi connectivity index (χ0n) is 21.3. The van der Waals surface area contributed by atoms with Crippen LogP contribution in [0.3, 0.4) is 0 Å². The number of carbonyl (C=O) groups excluding carboxylic acids is 3. The van der Waals surface area contributed by atoms with Crippen LogP contribution in [0.4, 0.5) is 4.39 Å². The van der Waals surface area contributed by atoms with E-state index in [1.807, 2.05) is 67.6 Å². The quantitative estimate of drug-likeness (QED) is 0.439. The molecule has 2 N–H and O–H groups in total. The van der Waals surface area contributed by atoms with Crippen molar-refractivity contribution < 1.29 is 18.8 Å². The maximum absolute atomic E-state index is 14.3. The van der Waals surface area contributed by atoms with E-state index in [1.165, 1.54) is 12.1 Å². The number of amides is 2. The predicted molar refractivity (Wildman–Crippen MR) is 145 cm³/mol. The number of hydrogen-bond acceptors (Lipinski definition) is 3. The molecule has 194 valence electrons. The van der Waals surface area contributed by atoms with Crippen molar-refractivity contribution >= 4 is 23.7 Å². The maximum atomic E-state index is 14.3. The molecule has 4 atom stereocenters. The molecule has 3 aromatic rings. The molecular weight excluding hydrogens is 479 g/mol. The molecule has 1 saturated heterocycles. The number of nitrogens with zero attached hydrogens (tertiary/aromatic N) is 1. The molecule has 0 aromatic heterocycles. The van der Waals surface area contributed by atoms with E-state index in [2.05, 4.69) is 0 Å². The third-order valence-electron chi connectivity index (χ3n) is 7.86. The highest BCUT2D eigenvalue weighted by Crippen LogP contribution is 2.46. The number of Topliss-reactive ketones (excluding diaryl/α,β-unsaturated/α-hetero) is 1. The van der Waals surface area contributed by atoms with Crippen molar-refractivity contribution in [1.29, 1.82) is 0 Å². The predicted octanol–water partition coefficient (Wildman–Crippen LogP) is 5.30. The minimum atomic E-state index is -1.04. The number of hydrogen-bond donors (Lipinski definition) is 1. The molecule has 38 heavy (non-hydrogen) atoms. The van der Waals surface area contributed by atoms with Gasteiger partial charge in [-0.25, -0.2) is 4.39 Å². The molecule has 1 aliphatic heterocycles. The highest BCUT2D eigenvalue weighted by molar-refractivity contribution is 6.02. The number of carbonyl (C=O) groups is 3. The Labute approximate surface area is 222 Å². The summed E-state index contributed by atoms with van der Waals surface area (Å²) in [4.78, 5) is 42.8. The van der Waals surface area contributed by atoms with E-state index in [9.17, 15) is 18.8 Å². The first-order valence-electron chi connectivity index (χ1n) is 13.1. The van der Waals surface area contributed by atoms with Crippen LogP contribution in [0.5, 0.6) is 0 Å². The average molecular weight is 511 g/mol. The van der Waals surface area contributed by atoms with Crippen LogP contribution in [-0.2, 0) is 9.59 Å². The molecule has 5 nitrogen and oxygen atoms in total. The van der Waals surface area contributed by atoms with Crippen LogP contribution >= 0.6 is 0 Å². The summed E-state index contributed by atoms with van der Waals surface area (Å²) in [6.45, 7) is 1.91. The van der Waals surface area contributed by atoms with E-state index < -0.39 is 35.6 Å². The topological polar surface area (TPSA) is 80.5 Å². The fraction of sp³-hybridized carbons (Fsp3) is 0.281. The van der Waals surface area contributed by atoms with E-state index in [4.69, 9.17) is 5.73 Å². The van der Waals surface area contributed by atoms with Gasteiger partial charge in [0.05, 0.1) is 12.0 Å². The summed E-state index contributed by atoms with van der Waals surface area (Å²) < 4.78 is 13.9. The second-order valence-electron chi connectivity index (χ2n) is 10.3. The lowest BCUT2D eigenvalue weighted by Gasteiger charge is -2.35. The molecule has 5 rings (SSSR count). The Morgan fingerprint density at radius 2 is 1.66 bits per heavy atom. The number of nitrogens with two attached hydrogens (primary N) is 1. The van der Waals surface area contributed by atoms with E-state index in [-0.39, 0.29) is 17.6 Å². The highest BCUT2D eigenvalue weighted by atomic mass is 19.1. The van der Waals surface area contributed by atoms with E-state index >= 15 is 0 Å². The lowest BCUT2D eigenvalue weighted by Crippen LogP contribution is -2.51. The minimum absolute atomic E-state index is 0.158. The third kappa shape index (κ3) is 4.91. The SMILES string of the molecule is Cc1cccc(C(=O)C2C(c3ccc(F)cc3)C(C(N)=O)N(C(=O)C3CCC3)C2C=Cc2ccccc2)c1. The summed E-state index contributed by atoms with van der Waals surface area (Å²) in [7, 11) is 0. The number of halogens is 1. The number of rotatable bonds is 7. The Hall–Kier alpha value is -4.06. The Morgan fingerprint density at radius 3 is 2.26 bits per heavy atom. The van der Waals surface area contributed by atoms with Crippen LogP contribution < -0.4 is 5.73 Å². The first-order valence-corrected chi connectivity index (χ1v) is 13.1. The van der Waals surface area contributed by atoms with Gasteiger partial charge in [0, 0.05) is 17.4 Å². The van der Waals surface area contributed by atoms with Gasteiger partial charge in [0.1, 0.15) is 11.9 Å². The number of primary amides is 1. The second-order valence-corrected chi connectivity index (χ2v) is 10.3. The van der Waals surface area contributed by atoms with Crippen molar-refractivity contribution in [2.75, 3.05) is 0 Å². The number of likely N-dealkylation sites (tertiary alicyclic amines) is 1. The smallest absolute Gasteiger partial charge is 0.240 e. The molecular formula is C32H31FN2O3. The summed E-state index contributed by atoms with van der Waals surface area (Å²) in [6.07, 6.45) is 6.17. The molecule has 2 amide bonds. The largest absolute Gasteiger partial charge is 0.368 e. The van der Waals surface area contributed by atoms with Gasteiger partial charge >= 0.3 is 0 Å². The molecule has 0 radical (unpaired) electrons. The molecule has 0 bridgehead atoms. The van der Waals surface area contributed by atoms with Crippen LogP contribution in [0.25, 0.3) is 6.08 Å². The second kappa shape index (κ2) is 10.7. The van der Waals surface area contributed by atoms with Gasteiger partial charge in [-0.3, -0.25) is 14.4 Å². The Bertz CT molecular complexity index is 1360. The lowest BCUT2D eigenvalue weighted by molar-refractivity contribution is -0.144. The first-order chi connectivity index (χ1) is 18.3. The van der Waals surface area contributed by atoms with Gasteiger partial charge in [0.2, 0.25) is 11.8 Å². The zero-order valence-corrected chi connectivity index (χ0v) is 21.3. The van der Waals surface area contributed by atoms with Crippen molar-refractivity contribution in [2.45, 2.75) is 44.2 Å². The summed E-state index contributed by atoms with van der Waals surface area (Å²) in [6, 6.07) is 21.0. The standard InChI is InChI=1S/C32H31FN2O3/c1-20-7-5-12-24(19-20)30(36)28-26(18-13-21-8-3-2-4-9-21)35(32(38)23-10-6-11-23)29(31(34)37)27(28)22-14-16-25(33)17-15-22/h2-5,7-9,12-19,23,26-29H,6,10-11H2,1H3,(H2,34,37). The average Bonchev–Trinajstić information content (AvgIpc) is 3.22. The van der Waals surface area contributed by atoms with Gasteiger partial charge in [0.15, 0.2) is 5.78 Å². The third-order valence-corrected chi connectivity index (χ3v) is 7.86. The Kier molecular flexibility index (Phi) is 7.23. The molecule has 0 spiro atoms. The monoisotopic (exact) mass is 510 g/mol. The van der Waals surface area contributed by atoms with Crippen LogP contribution in [0.2, 0.25) is 0 Å². The maximum Gasteiger partial charge on any atom is 0.240 e. The summed E-state index contributed by atoms with van der Waals surface area (Å²) in [5.74, 6) is -3.16. The molecule has 1 heterocycles. The van der Waals surface area contributed by atoms with Gasteiger partial charge in [-0.2, -0.15) is 0 Å². The van der Waals surface area contributed by atoms with Crippen LogP contribution in [0.1, 0.15) is 52.2 Å². The fourth-order valence-electron chi connectivity index (χ4n) is 5.77. The molecule has 1 saturated carbocycles. The molecule has 4 unspecified atom stereocenters. The highest BCUT2D eigenvalue weighted by Gasteiger charge is 2.56. The summed E-state index contributed by atoms with van der Waals surface area (Å²) in [5.41, 5.74) is 8.93. The number of ketones is 1. The molecule has 1 aliphatic carbocycles. The van der Waals surface area contributed by atoms with E-state index in [1.54, 1.807) is 23.1 Å². The zero-order chi connectivity index (χ0) is 26.8. The fourth-order valence-corrected chi connectivity index (χ4v) is 5.77. The van der Waals surface area contributed by atoms with Crippen molar-refractivity contribution in [3.05, 3.63) is 113 Å². The van der Waals surface area contributed by atoms with Gasteiger partial charge in [0.25, 0.3) is 0 Å². The molecule has 2 aliphatic rings. The Morgan fingerprint density at radius 1 is 0.947 bits per heavy atom. The van der Waals surface area contributed by atoms with E-state index in [0.29, 0.717) is 11.1 Å². The van der Waals surface area contributed by atoms with Gasteiger partial charge in [-0.1, -0.05) is 84.8 Å². The van der Waals surface area contributed by atoms with Crippen molar-refractivity contribution in [3.63, 3.8) is 0 Å². The normalized spacial score (nSPS) is 23.4. The van der Waals surface area contributed by atoms with Crippen LogP contribution in [0.15, 0.2) is 84.9 Å². The Balaban J connectivity index is 1.69. The van der Waals surface area contributed by atoms with Crippen LogP contribution in [0, 0.1) is 24.6 Å². The van der Waals surface area contributed by atoms with Gasteiger partial charge in [-0.15, -0.1) is 0 Å². The first kappa shape index (κ1) is 25.6. The molecule has 2 fully saturated rings. The van der Waals surface area contributed by atoms with Crippen molar-refractivity contribution in [2.24, 2.45) is 17.6 Å². The summed E-state index contributed by atoms with van der Waals surface area (Å²) >= 11 is 0. The van der Waals surface area contributed by atoms with Crippen molar-refractivity contribution in [3.8, 4) is 0 Å². The number of benzene rings is 3. The van der Waals surface area contributed by atoms with Gasteiger partial charge < -0.3 is 10.6 Å². The lowest BCUT2D eigenvalue weighted by atomic mass is 9.77. The summed E-state index contributed by atoms with van der Waals surface area (Å²) in [5, 5.41) is 0. The molecule has 3 aromatic carbocycles. The van der Waals surface area contributed by atoms with Crippen molar-refractivity contribution in [1.82, 2.24) is 4.90 Å². The number of aryl methyl sites for hydroxylation is 1. The van der Waals surface area contributed by atoms with Gasteiger partial charge in [-0.05, 0) is 49.1 Å². The minimum Gasteiger partial charge on any atom is -0.368 e.